The average Bonchev–Trinajstić information content (AvgIpc) is 3.13. The molecule has 0 saturated carbocycles. The maximum atomic E-state index is 12.8. The van der Waals surface area contributed by atoms with Gasteiger partial charge in [0.1, 0.15) is 6.61 Å². The Balaban J connectivity index is 1.68. The molecule has 3 nitrogen and oxygen atoms in total. The molecule has 6 heteroatoms. The van der Waals surface area contributed by atoms with E-state index in [0.717, 1.165) is 25.8 Å². The number of ether oxygens (including phenoxy) is 1. The van der Waals surface area contributed by atoms with Gasteiger partial charge in [-0.2, -0.15) is 0 Å². The Morgan fingerprint density at radius 2 is 1.85 bits per heavy atom. The van der Waals surface area contributed by atoms with Crippen LogP contribution in [0.15, 0.2) is 71.2 Å². The summed E-state index contributed by atoms with van der Waals surface area (Å²) in [5.41, 5.74) is 2.88. The summed E-state index contributed by atoms with van der Waals surface area (Å²) in [5.74, 6) is -0.375. The lowest BCUT2D eigenvalue weighted by atomic mass is 10.1. The molecule has 0 amide bonds. The number of halogens is 2. The van der Waals surface area contributed by atoms with Crippen LogP contribution in [0.3, 0.4) is 0 Å². The normalized spacial score (nSPS) is 10.9. The third-order valence-corrected chi connectivity index (χ3v) is 5.83. The van der Waals surface area contributed by atoms with E-state index < -0.39 is 0 Å². The van der Waals surface area contributed by atoms with Gasteiger partial charge in [0.05, 0.1) is 26.0 Å². The van der Waals surface area contributed by atoms with Crippen LogP contribution in [0.4, 0.5) is 0 Å². The van der Waals surface area contributed by atoms with E-state index in [-0.39, 0.29) is 12.6 Å². The van der Waals surface area contributed by atoms with Gasteiger partial charge in [0.2, 0.25) is 0 Å². The van der Waals surface area contributed by atoms with Crippen LogP contribution < -0.4 is 0 Å². The van der Waals surface area contributed by atoms with Crippen molar-refractivity contribution in [2.24, 2.45) is 0 Å². The van der Waals surface area contributed by atoms with Gasteiger partial charge in [0, 0.05) is 9.86 Å². The zero-order chi connectivity index (χ0) is 18.8. The number of para-hydroxylation sites is 1. The maximum Gasteiger partial charge on any atom is 0.339 e. The summed E-state index contributed by atoms with van der Waals surface area (Å²) in [6.45, 7) is 0.211. The molecule has 2 aromatic carbocycles. The molecule has 4 aromatic rings. The van der Waals surface area contributed by atoms with Crippen LogP contribution in [0.5, 0.6) is 0 Å². The van der Waals surface area contributed by atoms with Crippen molar-refractivity contribution in [2.75, 3.05) is 0 Å². The molecule has 0 aliphatic rings. The second-order valence-electron chi connectivity index (χ2n) is 5.88. The smallest absolute Gasteiger partial charge is 0.339 e. The molecule has 0 bridgehead atoms. The van der Waals surface area contributed by atoms with E-state index in [1.165, 1.54) is 11.3 Å². The Bertz CT molecular complexity index is 1120. The van der Waals surface area contributed by atoms with Gasteiger partial charge in [-0.1, -0.05) is 57.9 Å². The zero-order valence-corrected chi connectivity index (χ0v) is 17.1. The number of rotatable bonds is 4. The molecular weight excluding hydrogens is 446 g/mol. The molecule has 0 spiro atoms. The fraction of sp³-hybridized carbons (Fsp3) is 0.0476. The van der Waals surface area contributed by atoms with Gasteiger partial charge in [-0.15, -0.1) is 11.3 Å². The van der Waals surface area contributed by atoms with Crippen LogP contribution in [-0.2, 0) is 11.3 Å². The first-order valence-corrected chi connectivity index (χ1v) is 10.2. The number of carbonyl (C=O) groups excluding carboxylic acids is 1. The number of benzene rings is 2. The highest BCUT2D eigenvalue weighted by molar-refractivity contribution is 9.10. The molecule has 0 aliphatic carbocycles. The summed E-state index contributed by atoms with van der Waals surface area (Å²) >= 11 is 10.9. The number of esters is 1. The molecule has 2 aromatic heterocycles. The summed E-state index contributed by atoms with van der Waals surface area (Å²) in [4.78, 5) is 18.4. The quantitative estimate of drug-likeness (QED) is 0.318. The predicted molar refractivity (Wildman–Crippen MR) is 113 cm³/mol. The highest BCUT2D eigenvalue weighted by Gasteiger charge is 2.16. The summed E-state index contributed by atoms with van der Waals surface area (Å²) in [5, 5.41) is 0.768. The molecule has 0 aliphatic heterocycles. The van der Waals surface area contributed by atoms with E-state index in [9.17, 15) is 4.79 Å². The fourth-order valence-electron chi connectivity index (χ4n) is 2.73. The van der Waals surface area contributed by atoms with Gasteiger partial charge < -0.3 is 4.74 Å². The Morgan fingerprint density at radius 1 is 1.07 bits per heavy atom. The summed E-state index contributed by atoms with van der Waals surface area (Å²) in [6, 6.07) is 20.7. The van der Waals surface area contributed by atoms with E-state index in [1.807, 2.05) is 60.7 Å². The largest absolute Gasteiger partial charge is 0.457 e. The second-order valence-corrected chi connectivity index (χ2v) is 8.51. The van der Waals surface area contributed by atoms with Gasteiger partial charge in [0.15, 0.2) is 0 Å². The van der Waals surface area contributed by atoms with Gasteiger partial charge in [-0.25, -0.2) is 9.78 Å². The van der Waals surface area contributed by atoms with Gasteiger partial charge in [-0.3, -0.25) is 0 Å². The van der Waals surface area contributed by atoms with E-state index in [1.54, 1.807) is 6.07 Å². The molecule has 134 valence electrons. The summed E-state index contributed by atoms with van der Waals surface area (Å²) in [7, 11) is 0. The van der Waals surface area contributed by atoms with Crippen LogP contribution >= 0.6 is 38.9 Å². The lowest BCUT2D eigenvalue weighted by Crippen LogP contribution is -2.07. The first-order valence-electron chi connectivity index (χ1n) is 8.17. The highest BCUT2D eigenvalue weighted by Crippen LogP contribution is 2.32. The minimum Gasteiger partial charge on any atom is -0.457 e. The molecule has 0 N–H and O–H groups in total. The van der Waals surface area contributed by atoms with Gasteiger partial charge in [0.25, 0.3) is 0 Å². The van der Waals surface area contributed by atoms with Crippen molar-refractivity contribution >= 4 is 55.7 Å². The maximum absolute atomic E-state index is 12.8. The van der Waals surface area contributed by atoms with Crippen molar-refractivity contribution in [3.05, 3.63) is 86.7 Å². The number of thiophene rings is 1. The van der Waals surface area contributed by atoms with Gasteiger partial charge in [-0.05, 0) is 42.0 Å². The SMILES string of the molecule is O=C(OCc1ccc(Br)cc1)c1cc(-c2ccc(Cl)s2)nc2ccccc12. The highest BCUT2D eigenvalue weighted by atomic mass is 79.9. The number of fused-ring (bicyclic) bond motifs is 1. The number of hydrogen-bond acceptors (Lipinski definition) is 4. The molecule has 0 unspecified atom stereocenters. The Labute approximate surface area is 173 Å². The number of nitrogens with zero attached hydrogens (tertiary/aromatic N) is 1. The topological polar surface area (TPSA) is 39.2 Å². The first kappa shape index (κ1) is 18.2. The number of aromatic nitrogens is 1. The van der Waals surface area contributed by atoms with Crippen molar-refractivity contribution in [1.29, 1.82) is 0 Å². The second kappa shape index (κ2) is 7.80. The molecular formula is C21H13BrClNO2S. The lowest BCUT2D eigenvalue weighted by Gasteiger charge is -2.09. The molecule has 27 heavy (non-hydrogen) atoms. The van der Waals surface area contributed by atoms with E-state index >= 15 is 0 Å². The predicted octanol–water partition coefficient (Wildman–Crippen LogP) is 6.74. The lowest BCUT2D eigenvalue weighted by molar-refractivity contribution is 0.0475. The number of carbonyl (C=O) groups is 1. The van der Waals surface area contributed by atoms with Crippen LogP contribution in [-0.4, -0.2) is 11.0 Å². The molecule has 0 atom stereocenters. The third-order valence-electron chi connectivity index (χ3n) is 4.04. The third kappa shape index (κ3) is 4.05. The van der Waals surface area contributed by atoms with E-state index in [2.05, 4.69) is 20.9 Å². The molecule has 0 saturated heterocycles. The molecule has 4 rings (SSSR count). The molecule has 0 radical (unpaired) electrons. The molecule has 2 heterocycles. The average molecular weight is 459 g/mol. The first-order chi connectivity index (χ1) is 13.1. The van der Waals surface area contributed by atoms with Crippen molar-refractivity contribution < 1.29 is 9.53 Å². The van der Waals surface area contributed by atoms with Crippen LogP contribution in [0, 0.1) is 0 Å². The van der Waals surface area contributed by atoms with E-state index in [4.69, 9.17) is 16.3 Å². The standard InChI is InChI=1S/C21H13BrClNO2S/c22-14-7-5-13(6-8-14)12-26-21(25)16-11-18(19-9-10-20(23)27-19)24-17-4-2-1-3-15(16)17/h1-11H,12H2. The number of hydrogen-bond donors (Lipinski definition) is 0. The fourth-order valence-corrected chi connectivity index (χ4v) is 4.00. The zero-order valence-electron chi connectivity index (χ0n) is 14.0. The van der Waals surface area contributed by atoms with Crippen LogP contribution in [0.25, 0.3) is 21.5 Å². The Kier molecular flexibility index (Phi) is 5.25. The van der Waals surface area contributed by atoms with Crippen LogP contribution in [0.1, 0.15) is 15.9 Å². The van der Waals surface area contributed by atoms with Gasteiger partial charge >= 0.3 is 5.97 Å². The van der Waals surface area contributed by atoms with Crippen molar-refractivity contribution in [2.45, 2.75) is 6.61 Å². The van der Waals surface area contributed by atoms with Crippen molar-refractivity contribution in [3.8, 4) is 10.6 Å². The Hall–Kier alpha value is -2.21. The van der Waals surface area contributed by atoms with Crippen molar-refractivity contribution in [3.63, 3.8) is 0 Å². The minimum atomic E-state index is -0.375. The summed E-state index contributed by atoms with van der Waals surface area (Å²) in [6.07, 6.45) is 0. The Morgan fingerprint density at radius 3 is 2.59 bits per heavy atom. The monoisotopic (exact) mass is 457 g/mol. The van der Waals surface area contributed by atoms with E-state index in [0.29, 0.717) is 15.6 Å². The van der Waals surface area contributed by atoms with Crippen molar-refractivity contribution in [1.82, 2.24) is 4.98 Å². The molecule has 0 fully saturated rings. The number of pyridine rings is 1. The minimum absolute atomic E-state index is 0.211. The van der Waals surface area contributed by atoms with Crippen LogP contribution in [0.2, 0.25) is 4.34 Å². The summed E-state index contributed by atoms with van der Waals surface area (Å²) < 4.78 is 7.22.